The van der Waals surface area contributed by atoms with Crippen LogP contribution in [0.1, 0.15) is 16.1 Å². The van der Waals surface area contributed by atoms with Crippen LogP contribution >= 0.6 is 22.9 Å². The van der Waals surface area contributed by atoms with Crippen LogP contribution in [-0.4, -0.2) is 27.2 Å². The molecule has 0 radical (unpaired) electrons. The zero-order valence-electron chi connectivity index (χ0n) is 17.0. The lowest BCUT2D eigenvalue weighted by Crippen LogP contribution is -2.32. The van der Waals surface area contributed by atoms with Crippen molar-refractivity contribution in [1.82, 2.24) is 20.1 Å². The third kappa shape index (κ3) is 4.76. The zero-order valence-corrected chi connectivity index (χ0v) is 18.6. The van der Waals surface area contributed by atoms with Crippen molar-refractivity contribution < 1.29 is 9.18 Å². The molecule has 162 valence electrons. The van der Waals surface area contributed by atoms with Crippen LogP contribution in [0.25, 0.3) is 21.1 Å². The molecular weight excluding hydrogens is 451 g/mol. The Morgan fingerprint density at radius 1 is 1.16 bits per heavy atom. The molecule has 0 aliphatic carbocycles. The highest BCUT2D eigenvalue weighted by atomic mass is 35.5. The van der Waals surface area contributed by atoms with Gasteiger partial charge >= 0.3 is 0 Å². The van der Waals surface area contributed by atoms with Crippen molar-refractivity contribution in [2.24, 2.45) is 0 Å². The highest BCUT2D eigenvalue weighted by Crippen LogP contribution is 2.33. The molecule has 0 saturated carbocycles. The van der Waals surface area contributed by atoms with Gasteiger partial charge in [0.25, 0.3) is 11.5 Å². The average molecular weight is 469 g/mol. The fraction of sp³-hybridized carbons (Fsp3) is 0.130. The molecule has 0 aliphatic rings. The van der Waals surface area contributed by atoms with Crippen molar-refractivity contribution in [3.63, 3.8) is 0 Å². The fourth-order valence-corrected chi connectivity index (χ4v) is 4.40. The lowest BCUT2D eigenvalue weighted by Gasteiger charge is -2.09. The maximum atomic E-state index is 13.2. The Kier molecular flexibility index (Phi) is 6.43. The molecule has 0 saturated heterocycles. The Morgan fingerprint density at radius 3 is 2.69 bits per heavy atom. The van der Waals surface area contributed by atoms with Crippen molar-refractivity contribution in [1.29, 1.82) is 0 Å². The molecule has 4 aromatic rings. The normalized spacial score (nSPS) is 10.8. The second kappa shape index (κ2) is 9.42. The van der Waals surface area contributed by atoms with Gasteiger partial charge in [0, 0.05) is 18.2 Å². The lowest BCUT2D eigenvalue weighted by molar-refractivity contribution is 0.0952. The summed E-state index contributed by atoms with van der Waals surface area (Å²) in [5.74, 6) is -0.974. The van der Waals surface area contributed by atoms with Crippen LogP contribution in [0.2, 0.25) is 5.02 Å². The van der Waals surface area contributed by atoms with E-state index in [2.05, 4.69) is 15.4 Å². The first-order valence-electron chi connectivity index (χ1n) is 9.77. The second-order valence-corrected chi connectivity index (χ2v) is 8.37. The molecule has 6 nitrogen and oxygen atoms in total. The molecule has 9 heteroatoms. The molecule has 4 rings (SSSR count). The number of aromatic nitrogens is 3. The Hall–Kier alpha value is -3.36. The van der Waals surface area contributed by atoms with Crippen molar-refractivity contribution in [3.8, 4) is 21.1 Å². The van der Waals surface area contributed by atoms with E-state index in [-0.39, 0.29) is 29.2 Å². The molecule has 0 spiro atoms. The summed E-state index contributed by atoms with van der Waals surface area (Å²) in [5, 5.41) is 8.03. The van der Waals surface area contributed by atoms with Gasteiger partial charge in [0.2, 0.25) is 0 Å². The molecule has 1 amide bonds. The Bertz CT molecular complexity index is 1340. The number of amides is 1. The Balaban J connectivity index is 1.49. The third-order valence-electron chi connectivity index (χ3n) is 4.70. The first kappa shape index (κ1) is 21.9. The SMILES string of the molecule is Cc1nc(-c2ccccc2)sc1-c1ccc(=O)n(CCNC(=O)c2ccc(F)cc2Cl)n1. The molecule has 0 aliphatic heterocycles. The molecule has 1 N–H and O–H groups in total. The zero-order chi connectivity index (χ0) is 22.7. The topological polar surface area (TPSA) is 76.9 Å². The highest BCUT2D eigenvalue weighted by molar-refractivity contribution is 7.18. The van der Waals surface area contributed by atoms with Gasteiger partial charge in [-0.1, -0.05) is 41.9 Å². The van der Waals surface area contributed by atoms with E-state index in [0.29, 0.717) is 5.69 Å². The van der Waals surface area contributed by atoms with Gasteiger partial charge in [0.05, 0.1) is 27.7 Å². The van der Waals surface area contributed by atoms with E-state index in [4.69, 9.17) is 11.6 Å². The van der Waals surface area contributed by atoms with Crippen LogP contribution in [0.5, 0.6) is 0 Å². The number of hydrogen-bond donors (Lipinski definition) is 1. The second-order valence-electron chi connectivity index (χ2n) is 6.96. The largest absolute Gasteiger partial charge is 0.350 e. The predicted octanol–water partition coefficient (Wildman–Crippen LogP) is 4.56. The number of carbonyl (C=O) groups is 1. The smallest absolute Gasteiger partial charge is 0.266 e. The number of benzene rings is 2. The molecule has 2 aromatic heterocycles. The summed E-state index contributed by atoms with van der Waals surface area (Å²) >= 11 is 7.43. The van der Waals surface area contributed by atoms with Gasteiger partial charge < -0.3 is 5.32 Å². The van der Waals surface area contributed by atoms with Gasteiger partial charge in [-0.15, -0.1) is 11.3 Å². The number of nitrogens with one attached hydrogen (secondary N) is 1. The fourth-order valence-electron chi connectivity index (χ4n) is 3.11. The maximum Gasteiger partial charge on any atom is 0.266 e. The number of nitrogens with zero attached hydrogens (tertiary/aromatic N) is 3. The number of hydrogen-bond acceptors (Lipinski definition) is 5. The number of aryl methyl sites for hydroxylation is 1. The number of rotatable bonds is 6. The third-order valence-corrected chi connectivity index (χ3v) is 6.24. The van der Waals surface area contributed by atoms with Gasteiger partial charge in [-0.2, -0.15) is 5.10 Å². The Morgan fingerprint density at radius 2 is 1.94 bits per heavy atom. The number of halogens is 2. The molecule has 2 aromatic carbocycles. The van der Waals surface area contributed by atoms with E-state index in [1.807, 2.05) is 37.3 Å². The van der Waals surface area contributed by atoms with E-state index < -0.39 is 11.7 Å². The van der Waals surface area contributed by atoms with Gasteiger partial charge in [-0.05, 0) is 31.2 Å². The summed E-state index contributed by atoms with van der Waals surface area (Å²) in [4.78, 5) is 30.1. The summed E-state index contributed by atoms with van der Waals surface area (Å²) in [7, 11) is 0. The van der Waals surface area contributed by atoms with Crippen LogP contribution in [0.4, 0.5) is 4.39 Å². The minimum absolute atomic E-state index is 0.0229. The number of thiazole rings is 1. The molecule has 0 fully saturated rings. The monoisotopic (exact) mass is 468 g/mol. The van der Waals surface area contributed by atoms with E-state index in [1.165, 1.54) is 28.2 Å². The summed E-state index contributed by atoms with van der Waals surface area (Å²) in [6.45, 7) is 2.22. The summed E-state index contributed by atoms with van der Waals surface area (Å²) in [6, 6.07) is 16.5. The van der Waals surface area contributed by atoms with E-state index in [9.17, 15) is 14.0 Å². The first-order chi connectivity index (χ1) is 15.4. The molecular formula is C23H18ClFN4O2S. The summed E-state index contributed by atoms with van der Waals surface area (Å²) in [5.41, 5.74) is 2.35. The van der Waals surface area contributed by atoms with Crippen molar-refractivity contribution >= 4 is 28.8 Å². The van der Waals surface area contributed by atoms with Gasteiger partial charge in [0.1, 0.15) is 16.5 Å². The summed E-state index contributed by atoms with van der Waals surface area (Å²) < 4.78 is 14.5. The van der Waals surface area contributed by atoms with Crippen LogP contribution in [0, 0.1) is 12.7 Å². The minimum Gasteiger partial charge on any atom is -0.350 e. The maximum absolute atomic E-state index is 13.2. The average Bonchev–Trinajstić information content (AvgIpc) is 3.17. The lowest BCUT2D eigenvalue weighted by atomic mass is 10.2. The van der Waals surface area contributed by atoms with Gasteiger partial charge in [-0.3, -0.25) is 9.59 Å². The minimum atomic E-state index is -0.520. The van der Waals surface area contributed by atoms with Crippen molar-refractivity contribution in [2.45, 2.75) is 13.5 Å². The van der Waals surface area contributed by atoms with Crippen molar-refractivity contribution in [2.75, 3.05) is 6.54 Å². The molecule has 0 atom stereocenters. The first-order valence-corrected chi connectivity index (χ1v) is 11.0. The van der Waals surface area contributed by atoms with E-state index in [1.54, 1.807) is 6.07 Å². The summed E-state index contributed by atoms with van der Waals surface area (Å²) in [6.07, 6.45) is 0. The van der Waals surface area contributed by atoms with Crippen LogP contribution in [0.3, 0.4) is 0 Å². The van der Waals surface area contributed by atoms with Crippen molar-refractivity contribution in [3.05, 3.63) is 93.1 Å². The van der Waals surface area contributed by atoms with Gasteiger partial charge in [0.15, 0.2) is 0 Å². The standard InChI is InChI=1S/C23H18ClFN4O2S/c1-14-21(32-23(27-14)15-5-3-2-4-6-15)19-9-10-20(30)29(28-19)12-11-26-22(31)17-8-7-16(25)13-18(17)24/h2-10,13H,11-12H2,1H3,(H,26,31). The Labute approximate surface area is 192 Å². The number of carbonyl (C=O) groups excluding carboxylic acids is 1. The van der Waals surface area contributed by atoms with E-state index >= 15 is 0 Å². The quantitative estimate of drug-likeness (QED) is 0.450. The molecule has 32 heavy (non-hydrogen) atoms. The van der Waals surface area contributed by atoms with Crippen LogP contribution in [0.15, 0.2) is 65.5 Å². The highest BCUT2D eigenvalue weighted by Gasteiger charge is 2.14. The molecule has 2 heterocycles. The molecule has 0 unspecified atom stereocenters. The van der Waals surface area contributed by atoms with Gasteiger partial charge in [-0.25, -0.2) is 14.1 Å². The molecule has 0 bridgehead atoms. The predicted molar refractivity (Wildman–Crippen MR) is 124 cm³/mol. The van der Waals surface area contributed by atoms with Crippen LogP contribution < -0.4 is 10.9 Å². The van der Waals surface area contributed by atoms with Crippen LogP contribution in [-0.2, 0) is 6.54 Å². The van der Waals surface area contributed by atoms with E-state index in [0.717, 1.165) is 33.3 Å².